The summed E-state index contributed by atoms with van der Waals surface area (Å²) in [6.07, 6.45) is 1.87. The first-order valence-electron chi connectivity index (χ1n) is 10.1. The predicted octanol–water partition coefficient (Wildman–Crippen LogP) is 5.05. The standard InChI is InChI=1S/C24H26N2O4S/c1-15(2)25-24-26(16(3)4)22(27)21(31-24)13-17-7-11-20(12-8-17)30-14-18-5-9-19(10-6-18)23(28)29/h5-13,15-16H,14H2,1-4H3,(H,28,29)/b21-13+,25-24?. The van der Waals surface area contributed by atoms with Gasteiger partial charge in [0.1, 0.15) is 12.4 Å². The number of carbonyl (C=O) groups is 2. The Hall–Kier alpha value is -3.06. The third kappa shape index (κ3) is 5.76. The fourth-order valence-electron chi connectivity index (χ4n) is 2.97. The number of carboxylic acids is 1. The average Bonchev–Trinajstić information content (AvgIpc) is 3.02. The molecule has 2 aromatic carbocycles. The van der Waals surface area contributed by atoms with Gasteiger partial charge in [-0.15, -0.1) is 0 Å². The lowest BCUT2D eigenvalue weighted by Crippen LogP contribution is -2.35. The van der Waals surface area contributed by atoms with Crippen LogP contribution in [0.5, 0.6) is 5.75 Å². The van der Waals surface area contributed by atoms with Crippen molar-refractivity contribution < 1.29 is 19.4 Å². The van der Waals surface area contributed by atoms with Crippen molar-refractivity contribution in [1.82, 2.24) is 4.90 Å². The maximum Gasteiger partial charge on any atom is 0.335 e. The molecule has 1 aliphatic heterocycles. The van der Waals surface area contributed by atoms with Gasteiger partial charge in [-0.1, -0.05) is 24.3 Å². The van der Waals surface area contributed by atoms with Crippen LogP contribution >= 0.6 is 11.8 Å². The van der Waals surface area contributed by atoms with Gasteiger partial charge in [-0.25, -0.2) is 4.79 Å². The second-order valence-electron chi connectivity index (χ2n) is 7.74. The molecule has 0 spiro atoms. The van der Waals surface area contributed by atoms with Crippen molar-refractivity contribution in [2.45, 2.75) is 46.4 Å². The summed E-state index contributed by atoms with van der Waals surface area (Å²) in [5.41, 5.74) is 2.04. The van der Waals surface area contributed by atoms with E-state index in [1.807, 2.05) is 58.0 Å². The minimum absolute atomic E-state index is 0.0236. The fourth-order valence-corrected chi connectivity index (χ4v) is 4.21. The number of carbonyl (C=O) groups excluding carboxylic acids is 1. The zero-order valence-corrected chi connectivity index (χ0v) is 18.8. The number of hydrogen-bond donors (Lipinski definition) is 1. The van der Waals surface area contributed by atoms with Crippen LogP contribution < -0.4 is 4.74 Å². The number of aromatic carboxylic acids is 1. The molecule has 0 aliphatic carbocycles. The molecular weight excluding hydrogens is 412 g/mol. The highest BCUT2D eigenvalue weighted by molar-refractivity contribution is 8.18. The minimum Gasteiger partial charge on any atom is -0.489 e. The molecule has 0 bridgehead atoms. The number of hydrogen-bond acceptors (Lipinski definition) is 5. The number of rotatable bonds is 7. The Labute approximate surface area is 186 Å². The van der Waals surface area contributed by atoms with Crippen LogP contribution in [0.3, 0.4) is 0 Å². The first-order valence-corrected chi connectivity index (χ1v) is 10.9. The second kappa shape index (κ2) is 9.83. The number of ether oxygens (including phenoxy) is 1. The number of amidine groups is 1. The summed E-state index contributed by atoms with van der Waals surface area (Å²) in [6, 6.07) is 14.3. The van der Waals surface area contributed by atoms with Gasteiger partial charge in [0.15, 0.2) is 5.17 Å². The summed E-state index contributed by atoms with van der Waals surface area (Å²) >= 11 is 1.41. The largest absolute Gasteiger partial charge is 0.489 e. The summed E-state index contributed by atoms with van der Waals surface area (Å²) < 4.78 is 5.78. The maximum absolute atomic E-state index is 12.8. The SMILES string of the molecule is CC(C)N=C1S/C(=C/c2ccc(OCc3ccc(C(=O)O)cc3)cc2)C(=O)N1C(C)C. The molecule has 2 aromatic rings. The third-order valence-corrected chi connectivity index (χ3v) is 5.50. The summed E-state index contributed by atoms with van der Waals surface area (Å²) in [4.78, 5) is 30.7. The van der Waals surface area contributed by atoms with Crippen LogP contribution in [0.15, 0.2) is 58.4 Å². The lowest BCUT2D eigenvalue weighted by Gasteiger charge is -2.20. The Balaban J connectivity index is 1.67. The number of nitrogens with zero attached hydrogens (tertiary/aromatic N) is 2. The Morgan fingerprint density at radius 3 is 2.29 bits per heavy atom. The summed E-state index contributed by atoms with van der Waals surface area (Å²) in [5, 5.41) is 9.70. The monoisotopic (exact) mass is 438 g/mol. The maximum atomic E-state index is 12.8. The van der Waals surface area contributed by atoms with Gasteiger partial charge in [-0.3, -0.25) is 14.7 Å². The van der Waals surface area contributed by atoms with Crippen molar-refractivity contribution in [2.24, 2.45) is 4.99 Å². The van der Waals surface area contributed by atoms with E-state index in [4.69, 9.17) is 9.84 Å². The van der Waals surface area contributed by atoms with Crippen LogP contribution in [0.1, 0.15) is 49.2 Å². The molecule has 1 saturated heterocycles. The number of amides is 1. The van der Waals surface area contributed by atoms with Gasteiger partial charge in [-0.2, -0.15) is 0 Å². The van der Waals surface area contributed by atoms with E-state index in [0.717, 1.165) is 16.3 Å². The summed E-state index contributed by atoms with van der Waals surface area (Å²) in [5.74, 6) is -0.277. The van der Waals surface area contributed by atoms with Gasteiger partial charge in [0.2, 0.25) is 0 Å². The number of benzene rings is 2. The first kappa shape index (κ1) is 22.6. The van der Waals surface area contributed by atoms with Crippen molar-refractivity contribution >= 4 is 34.9 Å². The number of carboxylic acid groups (broad SMARTS) is 1. The van der Waals surface area contributed by atoms with Crippen molar-refractivity contribution in [3.63, 3.8) is 0 Å². The topological polar surface area (TPSA) is 79.2 Å². The average molecular weight is 439 g/mol. The van der Waals surface area contributed by atoms with Crippen LogP contribution in [0.4, 0.5) is 0 Å². The molecule has 3 rings (SSSR count). The van der Waals surface area contributed by atoms with Crippen molar-refractivity contribution in [2.75, 3.05) is 0 Å². The third-order valence-electron chi connectivity index (χ3n) is 4.51. The van der Waals surface area contributed by atoms with Crippen molar-refractivity contribution in [3.05, 3.63) is 70.1 Å². The minimum atomic E-state index is -0.949. The molecule has 1 heterocycles. The number of thioether (sulfide) groups is 1. The van der Waals surface area contributed by atoms with Crippen LogP contribution in [0.25, 0.3) is 6.08 Å². The molecule has 1 amide bonds. The molecule has 0 saturated carbocycles. The second-order valence-corrected chi connectivity index (χ2v) is 8.75. The van der Waals surface area contributed by atoms with Gasteiger partial charge >= 0.3 is 5.97 Å². The highest BCUT2D eigenvalue weighted by Gasteiger charge is 2.35. The van der Waals surface area contributed by atoms with E-state index in [9.17, 15) is 9.59 Å². The van der Waals surface area contributed by atoms with Gasteiger partial charge in [-0.05, 0) is 80.9 Å². The molecule has 0 aromatic heterocycles. The Bertz CT molecular complexity index is 1010. The quantitative estimate of drug-likeness (QED) is 0.612. The van der Waals surface area contributed by atoms with E-state index in [1.54, 1.807) is 29.2 Å². The van der Waals surface area contributed by atoms with E-state index >= 15 is 0 Å². The molecule has 7 heteroatoms. The molecule has 1 N–H and O–H groups in total. The van der Waals surface area contributed by atoms with E-state index in [1.165, 1.54) is 11.8 Å². The van der Waals surface area contributed by atoms with E-state index in [-0.39, 0.29) is 23.6 Å². The van der Waals surface area contributed by atoms with Crippen LogP contribution in [-0.4, -0.2) is 39.1 Å². The van der Waals surface area contributed by atoms with Gasteiger partial charge in [0, 0.05) is 12.1 Å². The van der Waals surface area contributed by atoms with Crippen molar-refractivity contribution in [1.29, 1.82) is 0 Å². The molecule has 1 aliphatic rings. The molecule has 31 heavy (non-hydrogen) atoms. The van der Waals surface area contributed by atoms with E-state index in [2.05, 4.69) is 4.99 Å². The summed E-state index contributed by atoms with van der Waals surface area (Å²) in [6.45, 7) is 8.30. The van der Waals surface area contributed by atoms with Crippen molar-refractivity contribution in [3.8, 4) is 5.75 Å². The van der Waals surface area contributed by atoms with Gasteiger partial charge < -0.3 is 9.84 Å². The van der Waals surface area contributed by atoms with E-state index < -0.39 is 5.97 Å². The smallest absolute Gasteiger partial charge is 0.335 e. The molecular formula is C24H26N2O4S. The Kier molecular flexibility index (Phi) is 7.17. The zero-order valence-electron chi connectivity index (χ0n) is 18.0. The number of aliphatic imine (C=N–C) groups is 1. The van der Waals surface area contributed by atoms with E-state index in [0.29, 0.717) is 17.3 Å². The van der Waals surface area contributed by atoms with Crippen LogP contribution in [0.2, 0.25) is 0 Å². The Morgan fingerprint density at radius 2 is 1.74 bits per heavy atom. The molecule has 162 valence electrons. The fraction of sp³-hybridized carbons (Fsp3) is 0.292. The predicted molar refractivity (Wildman–Crippen MR) is 124 cm³/mol. The van der Waals surface area contributed by atoms with Gasteiger partial charge in [0.25, 0.3) is 5.91 Å². The lowest BCUT2D eigenvalue weighted by molar-refractivity contribution is -0.123. The first-order chi connectivity index (χ1) is 14.7. The highest BCUT2D eigenvalue weighted by Crippen LogP contribution is 2.34. The van der Waals surface area contributed by atoms with Crippen LogP contribution in [-0.2, 0) is 11.4 Å². The zero-order chi connectivity index (χ0) is 22.5. The molecule has 6 nitrogen and oxygen atoms in total. The molecule has 0 radical (unpaired) electrons. The Morgan fingerprint density at radius 1 is 1.10 bits per heavy atom. The highest BCUT2D eigenvalue weighted by atomic mass is 32.2. The van der Waals surface area contributed by atoms with Gasteiger partial charge in [0.05, 0.1) is 10.5 Å². The molecule has 0 atom stereocenters. The normalized spacial score (nSPS) is 16.7. The molecule has 0 unspecified atom stereocenters. The summed E-state index contributed by atoms with van der Waals surface area (Å²) in [7, 11) is 0. The molecule has 1 fully saturated rings. The van der Waals surface area contributed by atoms with Crippen LogP contribution in [0, 0.1) is 0 Å². The lowest BCUT2D eigenvalue weighted by atomic mass is 10.1.